The van der Waals surface area contributed by atoms with Gasteiger partial charge in [0.1, 0.15) is 5.75 Å². The molecule has 2 aromatic carbocycles. The number of fused-ring (bicyclic) bond motifs is 1. The molecule has 0 atom stereocenters. The first-order valence-electron chi connectivity index (χ1n) is 7.68. The Hall–Kier alpha value is -3.69. The van der Waals surface area contributed by atoms with Gasteiger partial charge in [-0.05, 0) is 36.4 Å². The molecule has 0 bridgehead atoms. The standard InChI is InChI=1S/C17H11F2N3O5/c18-17(19)26-13-6-3-11(7-14(13)27-17)21-15(23)8-24-12-4-1-10(2-5-12)16-22-20-9-25-16/h1-7,9H,8H2,(H,21,23). The van der Waals surface area contributed by atoms with Gasteiger partial charge in [-0.3, -0.25) is 4.79 Å². The first-order valence-corrected chi connectivity index (χ1v) is 7.68. The first kappa shape index (κ1) is 16.8. The van der Waals surface area contributed by atoms with E-state index in [9.17, 15) is 13.6 Å². The van der Waals surface area contributed by atoms with E-state index in [0.717, 1.165) is 0 Å². The van der Waals surface area contributed by atoms with Crippen LogP contribution in [-0.4, -0.2) is 29.0 Å². The maximum absolute atomic E-state index is 13.0. The van der Waals surface area contributed by atoms with E-state index >= 15 is 0 Å². The molecule has 0 aliphatic carbocycles. The van der Waals surface area contributed by atoms with E-state index < -0.39 is 12.2 Å². The number of anilines is 1. The molecule has 138 valence electrons. The zero-order chi connectivity index (χ0) is 18.9. The summed E-state index contributed by atoms with van der Waals surface area (Å²) in [6.45, 7) is -0.273. The summed E-state index contributed by atoms with van der Waals surface area (Å²) in [6.07, 6.45) is -2.48. The van der Waals surface area contributed by atoms with Gasteiger partial charge in [0.15, 0.2) is 18.1 Å². The van der Waals surface area contributed by atoms with Crippen LogP contribution >= 0.6 is 0 Å². The third-order valence-corrected chi connectivity index (χ3v) is 3.52. The predicted molar refractivity (Wildman–Crippen MR) is 86.5 cm³/mol. The van der Waals surface area contributed by atoms with Gasteiger partial charge >= 0.3 is 6.29 Å². The number of halogens is 2. The van der Waals surface area contributed by atoms with Crippen molar-refractivity contribution in [3.8, 4) is 28.7 Å². The van der Waals surface area contributed by atoms with E-state index in [-0.39, 0.29) is 23.8 Å². The number of carbonyl (C=O) groups excluding carboxylic acids is 1. The Morgan fingerprint density at radius 1 is 1.11 bits per heavy atom. The van der Waals surface area contributed by atoms with Crippen LogP contribution in [0.5, 0.6) is 17.2 Å². The summed E-state index contributed by atoms with van der Waals surface area (Å²) in [6, 6.07) is 10.7. The Labute approximate surface area is 150 Å². The summed E-state index contributed by atoms with van der Waals surface area (Å²) in [7, 11) is 0. The lowest BCUT2D eigenvalue weighted by Gasteiger charge is -2.08. The summed E-state index contributed by atoms with van der Waals surface area (Å²) >= 11 is 0. The van der Waals surface area contributed by atoms with Gasteiger partial charge in [0.2, 0.25) is 12.3 Å². The van der Waals surface area contributed by atoms with Crippen LogP contribution in [0.25, 0.3) is 11.5 Å². The largest absolute Gasteiger partial charge is 0.586 e. The Bertz CT molecular complexity index is 961. The second kappa shape index (κ2) is 6.56. The van der Waals surface area contributed by atoms with Crippen molar-refractivity contribution >= 4 is 11.6 Å². The fourth-order valence-corrected chi connectivity index (χ4v) is 2.37. The van der Waals surface area contributed by atoms with Crippen molar-refractivity contribution in [3.63, 3.8) is 0 Å². The van der Waals surface area contributed by atoms with Crippen LogP contribution in [-0.2, 0) is 4.79 Å². The minimum atomic E-state index is -3.71. The number of aromatic nitrogens is 2. The third-order valence-electron chi connectivity index (χ3n) is 3.52. The number of nitrogens with zero attached hydrogens (tertiary/aromatic N) is 2. The zero-order valence-corrected chi connectivity index (χ0v) is 13.5. The topological polar surface area (TPSA) is 95.7 Å². The fourth-order valence-electron chi connectivity index (χ4n) is 2.37. The Morgan fingerprint density at radius 3 is 2.63 bits per heavy atom. The summed E-state index contributed by atoms with van der Waals surface area (Å²) in [4.78, 5) is 12.0. The molecule has 1 aliphatic rings. The lowest BCUT2D eigenvalue weighted by molar-refractivity contribution is -0.286. The van der Waals surface area contributed by atoms with Crippen molar-refractivity contribution in [2.45, 2.75) is 6.29 Å². The van der Waals surface area contributed by atoms with Crippen molar-refractivity contribution in [2.75, 3.05) is 11.9 Å². The van der Waals surface area contributed by atoms with Crippen LogP contribution in [0.2, 0.25) is 0 Å². The predicted octanol–water partition coefficient (Wildman–Crippen LogP) is 3.08. The van der Waals surface area contributed by atoms with Gasteiger partial charge in [-0.1, -0.05) is 0 Å². The molecule has 8 nitrogen and oxygen atoms in total. The summed E-state index contributed by atoms with van der Waals surface area (Å²) < 4.78 is 45.1. The lowest BCUT2D eigenvalue weighted by Crippen LogP contribution is -2.25. The van der Waals surface area contributed by atoms with Crippen LogP contribution in [0.15, 0.2) is 53.3 Å². The van der Waals surface area contributed by atoms with Crippen LogP contribution in [0, 0.1) is 0 Å². The number of amides is 1. The number of nitrogens with one attached hydrogen (secondary N) is 1. The Morgan fingerprint density at radius 2 is 1.89 bits per heavy atom. The van der Waals surface area contributed by atoms with E-state index in [1.54, 1.807) is 24.3 Å². The smallest absolute Gasteiger partial charge is 0.484 e. The zero-order valence-electron chi connectivity index (χ0n) is 13.5. The Kier molecular flexibility index (Phi) is 4.07. The second-order valence-electron chi connectivity index (χ2n) is 5.43. The van der Waals surface area contributed by atoms with Gasteiger partial charge in [0.05, 0.1) is 0 Å². The molecule has 1 amide bonds. The van der Waals surface area contributed by atoms with Crippen LogP contribution < -0.4 is 19.5 Å². The molecule has 27 heavy (non-hydrogen) atoms. The Balaban J connectivity index is 1.33. The molecule has 1 aromatic heterocycles. The highest BCUT2D eigenvalue weighted by molar-refractivity contribution is 5.92. The molecule has 1 aliphatic heterocycles. The van der Waals surface area contributed by atoms with Gasteiger partial charge in [0, 0.05) is 17.3 Å². The molecule has 0 radical (unpaired) electrons. The molecule has 0 fully saturated rings. The van der Waals surface area contributed by atoms with Crippen molar-refractivity contribution in [1.82, 2.24) is 10.2 Å². The van der Waals surface area contributed by atoms with Gasteiger partial charge < -0.3 is 23.9 Å². The van der Waals surface area contributed by atoms with Crippen molar-refractivity contribution < 1.29 is 32.2 Å². The number of alkyl halides is 2. The molecule has 0 unspecified atom stereocenters. The molecule has 1 N–H and O–H groups in total. The van der Waals surface area contributed by atoms with Crippen LogP contribution in [0.3, 0.4) is 0 Å². The van der Waals surface area contributed by atoms with Gasteiger partial charge in [-0.25, -0.2) is 0 Å². The summed E-state index contributed by atoms with van der Waals surface area (Å²) in [5, 5.41) is 9.90. The highest BCUT2D eigenvalue weighted by atomic mass is 19.3. The molecule has 3 aromatic rings. The summed E-state index contributed by atoms with van der Waals surface area (Å²) in [5.41, 5.74) is 0.983. The average Bonchev–Trinajstić information content (AvgIpc) is 3.26. The van der Waals surface area contributed by atoms with Crippen LogP contribution in [0.1, 0.15) is 0 Å². The van der Waals surface area contributed by atoms with E-state index in [4.69, 9.17) is 9.15 Å². The maximum Gasteiger partial charge on any atom is 0.586 e. The SMILES string of the molecule is O=C(COc1ccc(-c2nnco2)cc1)Nc1ccc2c(c1)OC(F)(F)O2. The van der Waals surface area contributed by atoms with E-state index in [0.29, 0.717) is 17.2 Å². The molecule has 2 heterocycles. The number of carbonyl (C=O) groups is 1. The highest BCUT2D eigenvalue weighted by Gasteiger charge is 2.43. The van der Waals surface area contributed by atoms with E-state index in [2.05, 4.69) is 25.0 Å². The van der Waals surface area contributed by atoms with Crippen LogP contribution in [0.4, 0.5) is 14.5 Å². The quantitative estimate of drug-likeness (QED) is 0.732. The highest BCUT2D eigenvalue weighted by Crippen LogP contribution is 2.42. The minimum Gasteiger partial charge on any atom is -0.484 e. The summed E-state index contributed by atoms with van der Waals surface area (Å²) in [5.74, 6) is 0.0962. The molecule has 0 saturated heterocycles. The van der Waals surface area contributed by atoms with E-state index in [1.165, 1.54) is 24.6 Å². The van der Waals surface area contributed by atoms with Crippen molar-refractivity contribution in [3.05, 3.63) is 48.9 Å². The molecular formula is C17H11F2N3O5. The van der Waals surface area contributed by atoms with Gasteiger partial charge in [-0.15, -0.1) is 19.0 Å². The molecule has 0 saturated carbocycles. The van der Waals surface area contributed by atoms with Gasteiger partial charge in [-0.2, -0.15) is 0 Å². The lowest BCUT2D eigenvalue weighted by atomic mass is 10.2. The molecule has 0 spiro atoms. The second-order valence-corrected chi connectivity index (χ2v) is 5.43. The normalized spacial score (nSPS) is 14.0. The average molecular weight is 375 g/mol. The number of benzene rings is 2. The van der Waals surface area contributed by atoms with Gasteiger partial charge in [0.25, 0.3) is 5.91 Å². The molecule has 4 rings (SSSR count). The van der Waals surface area contributed by atoms with E-state index in [1.807, 2.05) is 0 Å². The van der Waals surface area contributed by atoms with Crippen molar-refractivity contribution in [2.24, 2.45) is 0 Å². The number of hydrogen-bond acceptors (Lipinski definition) is 7. The monoisotopic (exact) mass is 375 g/mol. The number of rotatable bonds is 5. The minimum absolute atomic E-state index is 0.101. The molecule has 10 heteroatoms. The van der Waals surface area contributed by atoms with Crippen molar-refractivity contribution in [1.29, 1.82) is 0 Å². The number of ether oxygens (including phenoxy) is 3. The number of hydrogen-bond donors (Lipinski definition) is 1. The first-order chi connectivity index (χ1) is 13.0. The maximum atomic E-state index is 13.0. The molecular weight excluding hydrogens is 364 g/mol. The third kappa shape index (κ3) is 3.78. The fraction of sp³-hybridized carbons (Fsp3) is 0.118.